The van der Waals surface area contributed by atoms with Crippen molar-refractivity contribution in [2.24, 2.45) is 5.92 Å². The molecule has 4 heteroatoms. The molecule has 0 bridgehead atoms. The average Bonchev–Trinajstić information content (AvgIpc) is 2.28. The van der Waals surface area contributed by atoms with Crippen LogP contribution in [0.5, 0.6) is 0 Å². The second-order valence-corrected chi connectivity index (χ2v) is 5.29. The van der Waals surface area contributed by atoms with E-state index < -0.39 is 0 Å². The van der Waals surface area contributed by atoms with Crippen LogP contribution in [0.25, 0.3) is 0 Å². The molecule has 4 nitrogen and oxygen atoms in total. The van der Waals surface area contributed by atoms with Crippen molar-refractivity contribution in [1.29, 1.82) is 0 Å². The third kappa shape index (κ3) is 5.50. The van der Waals surface area contributed by atoms with E-state index in [0.29, 0.717) is 6.04 Å². The van der Waals surface area contributed by atoms with Crippen molar-refractivity contribution in [3.8, 4) is 0 Å². The number of unbranched alkanes of at least 4 members (excludes halogenated alkanes) is 1. The lowest BCUT2D eigenvalue weighted by atomic mass is 9.91. The van der Waals surface area contributed by atoms with Crippen molar-refractivity contribution in [3.05, 3.63) is 0 Å². The highest BCUT2D eigenvalue weighted by Gasteiger charge is 2.26. The van der Waals surface area contributed by atoms with E-state index >= 15 is 0 Å². The maximum atomic E-state index is 11.9. The van der Waals surface area contributed by atoms with Crippen LogP contribution in [-0.4, -0.2) is 50.6 Å². The van der Waals surface area contributed by atoms with Gasteiger partial charge in [-0.3, -0.25) is 4.79 Å². The van der Waals surface area contributed by atoms with Crippen molar-refractivity contribution in [3.63, 3.8) is 0 Å². The normalized spacial score (nSPS) is 24.9. The Morgan fingerprint density at radius 2 is 2.18 bits per heavy atom. The van der Waals surface area contributed by atoms with Crippen molar-refractivity contribution >= 4 is 5.91 Å². The molecule has 2 N–H and O–H groups in total. The van der Waals surface area contributed by atoms with Gasteiger partial charge in [0.25, 0.3) is 0 Å². The predicted octanol–water partition coefficient (Wildman–Crippen LogP) is 0.833. The van der Waals surface area contributed by atoms with Gasteiger partial charge in [0.1, 0.15) is 0 Å². The SMILES string of the molecule is CC1NCCCC1C(=O)NCCCCN(C)C. The highest BCUT2D eigenvalue weighted by atomic mass is 16.1. The van der Waals surface area contributed by atoms with Crippen LogP contribution in [0.3, 0.4) is 0 Å². The molecule has 0 spiro atoms. The maximum absolute atomic E-state index is 11.9. The average molecular weight is 241 g/mol. The van der Waals surface area contributed by atoms with Crippen molar-refractivity contribution in [2.75, 3.05) is 33.7 Å². The summed E-state index contributed by atoms with van der Waals surface area (Å²) in [6.07, 6.45) is 4.35. The first-order valence-electron chi connectivity index (χ1n) is 6.77. The number of piperidine rings is 1. The van der Waals surface area contributed by atoms with Gasteiger partial charge in [-0.05, 0) is 59.8 Å². The summed E-state index contributed by atoms with van der Waals surface area (Å²) in [5.41, 5.74) is 0. The first-order chi connectivity index (χ1) is 8.11. The molecule has 1 rings (SSSR count). The fourth-order valence-corrected chi connectivity index (χ4v) is 2.30. The van der Waals surface area contributed by atoms with E-state index in [0.717, 1.165) is 45.3 Å². The summed E-state index contributed by atoms with van der Waals surface area (Å²) in [5.74, 6) is 0.396. The monoisotopic (exact) mass is 241 g/mol. The summed E-state index contributed by atoms with van der Waals surface area (Å²) in [6, 6.07) is 0.325. The highest BCUT2D eigenvalue weighted by molar-refractivity contribution is 5.79. The van der Waals surface area contributed by atoms with E-state index in [2.05, 4.69) is 36.6 Å². The Balaban J connectivity index is 2.11. The molecule has 0 saturated carbocycles. The molecule has 1 amide bonds. The lowest BCUT2D eigenvalue weighted by molar-refractivity contribution is -0.126. The molecule has 0 aromatic rings. The van der Waals surface area contributed by atoms with E-state index in [1.165, 1.54) is 0 Å². The van der Waals surface area contributed by atoms with Gasteiger partial charge >= 0.3 is 0 Å². The molecule has 2 atom stereocenters. The molecular weight excluding hydrogens is 214 g/mol. The van der Waals surface area contributed by atoms with Gasteiger partial charge in [0.2, 0.25) is 5.91 Å². The Kier molecular flexibility index (Phi) is 6.52. The molecule has 1 heterocycles. The molecule has 17 heavy (non-hydrogen) atoms. The number of rotatable bonds is 6. The minimum absolute atomic E-state index is 0.164. The van der Waals surface area contributed by atoms with Gasteiger partial charge in [0, 0.05) is 12.6 Å². The second-order valence-electron chi connectivity index (χ2n) is 5.29. The smallest absolute Gasteiger partial charge is 0.224 e. The first kappa shape index (κ1) is 14.5. The third-order valence-electron chi connectivity index (χ3n) is 3.43. The molecular formula is C13H27N3O. The van der Waals surface area contributed by atoms with Crippen LogP contribution in [0.1, 0.15) is 32.6 Å². The number of nitrogens with zero attached hydrogens (tertiary/aromatic N) is 1. The lowest BCUT2D eigenvalue weighted by Crippen LogP contribution is -2.46. The highest BCUT2D eigenvalue weighted by Crippen LogP contribution is 2.16. The van der Waals surface area contributed by atoms with Crippen LogP contribution in [-0.2, 0) is 4.79 Å². The maximum Gasteiger partial charge on any atom is 0.224 e. The molecule has 0 radical (unpaired) electrons. The largest absolute Gasteiger partial charge is 0.356 e. The predicted molar refractivity (Wildman–Crippen MR) is 71.0 cm³/mol. The quantitative estimate of drug-likeness (QED) is 0.677. The number of hydrogen-bond donors (Lipinski definition) is 2. The fraction of sp³-hybridized carbons (Fsp3) is 0.923. The summed E-state index contributed by atoms with van der Waals surface area (Å²) in [6.45, 7) is 5.07. The van der Waals surface area contributed by atoms with E-state index in [1.54, 1.807) is 0 Å². The number of nitrogens with one attached hydrogen (secondary N) is 2. The number of amides is 1. The zero-order valence-corrected chi connectivity index (χ0v) is 11.5. The Labute approximate surface area is 105 Å². The Hall–Kier alpha value is -0.610. The molecule has 1 saturated heterocycles. The minimum Gasteiger partial charge on any atom is -0.356 e. The number of hydrogen-bond acceptors (Lipinski definition) is 3. The molecule has 0 aliphatic carbocycles. The second kappa shape index (κ2) is 7.67. The summed E-state index contributed by atoms with van der Waals surface area (Å²) < 4.78 is 0. The molecule has 1 aliphatic rings. The molecule has 100 valence electrons. The standard InChI is InChI=1S/C13H27N3O/c1-11-12(7-6-9-14-11)13(17)15-8-4-5-10-16(2)3/h11-12,14H,4-10H2,1-3H3,(H,15,17). The van der Waals surface area contributed by atoms with Gasteiger partial charge in [-0.15, -0.1) is 0 Å². The van der Waals surface area contributed by atoms with Gasteiger partial charge in [0.05, 0.1) is 5.92 Å². The van der Waals surface area contributed by atoms with Crippen LogP contribution >= 0.6 is 0 Å². The van der Waals surface area contributed by atoms with Crippen molar-refractivity contribution < 1.29 is 4.79 Å². The van der Waals surface area contributed by atoms with Crippen molar-refractivity contribution in [1.82, 2.24) is 15.5 Å². The van der Waals surface area contributed by atoms with Gasteiger partial charge in [-0.1, -0.05) is 0 Å². The van der Waals surface area contributed by atoms with Crippen LogP contribution in [0, 0.1) is 5.92 Å². The molecule has 1 aliphatic heterocycles. The number of carbonyl (C=O) groups excluding carboxylic acids is 1. The zero-order valence-electron chi connectivity index (χ0n) is 11.5. The Bertz CT molecular complexity index is 231. The molecule has 0 aromatic carbocycles. The van der Waals surface area contributed by atoms with Gasteiger partial charge in [-0.25, -0.2) is 0 Å². The van der Waals surface area contributed by atoms with E-state index in [-0.39, 0.29) is 11.8 Å². The first-order valence-corrected chi connectivity index (χ1v) is 6.77. The summed E-state index contributed by atoms with van der Waals surface area (Å²) in [5, 5.41) is 6.42. The lowest BCUT2D eigenvalue weighted by Gasteiger charge is -2.28. The minimum atomic E-state index is 0.164. The van der Waals surface area contributed by atoms with Crippen LogP contribution in [0.15, 0.2) is 0 Å². The summed E-state index contributed by atoms with van der Waals surface area (Å²) >= 11 is 0. The van der Waals surface area contributed by atoms with Crippen LogP contribution in [0.2, 0.25) is 0 Å². The Morgan fingerprint density at radius 3 is 2.82 bits per heavy atom. The van der Waals surface area contributed by atoms with Crippen LogP contribution < -0.4 is 10.6 Å². The van der Waals surface area contributed by atoms with Crippen molar-refractivity contribution in [2.45, 2.75) is 38.6 Å². The molecule has 1 fully saturated rings. The third-order valence-corrected chi connectivity index (χ3v) is 3.43. The van der Waals surface area contributed by atoms with E-state index in [1.807, 2.05) is 0 Å². The fourth-order valence-electron chi connectivity index (χ4n) is 2.30. The topological polar surface area (TPSA) is 44.4 Å². The Morgan fingerprint density at radius 1 is 1.41 bits per heavy atom. The summed E-state index contributed by atoms with van der Waals surface area (Å²) in [4.78, 5) is 14.1. The molecule has 2 unspecified atom stereocenters. The van der Waals surface area contributed by atoms with E-state index in [4.69, 9.17) is 0 Å². The van der Waals surface area contributed by atoms with Gasteiger partial charge in [0.15, 0.2) is 0 Å². The summed E-state index contributed by atoms with van der Waals surface area (Å²) in [7, 11) is 4.15. The van der Waals surface area contributed by atoms with Crippen LogP contribution in [0.4, 0.5) is 0 Å². The van der Waals surface area contributed by atoms with Gasteiger partial charge < -0.3 is 15.5 Å². The molecule has 0 aromatic heterocycles. The van der Waals surface area contributed by atoms with Gasteiger partial charge in [-0.2, -0.15) is 0 Å². The number of carbonyl (C=O) groups is 1. The van der Waals surface area contributed by atoms with E-state index in [9.17, 15) is 4.79 Å². The zero-order chi connectivity index (χ0) is 12.7.